The highest BCUT2D eigenvalue weighted by molar-refractivity contribution is 6.11. The van der Waals surface area contributed by atoms with E-state index in [0.717, 1.165) is 11.1 Å². The van der Waals surface area contributed by atoms with Crippen molar-refractivity contribution >= 4 is 15.7 Å². The highest BCUT2D eigenvalue weighted by Gasteiger charge is 2.06. The van der Waals surface area contributed by atoms with Gasteiger partial charge in [0.1, 0.15) is 15.7 Å². The van der Waals surface area contributed by atoms with Crippen LogP contribution < -0.4 is 0 Å². The molecule has 1 aromatic carbocycles. The molecule has 4 radical (unpaired) electrons. The Kier molecular flexibility index (Phi) is 7.05. The summed E-state index contributed by atoms with van der Waals surface area (Å²) in [6, 6.07) is 6.12. The number of hydrogen-bond donors (Lipinski definition) is 2. The lowest BCUT2D eigenvalue weighted by Gasteiger charge is -2.15. The molecule has 18 heavy (non-hydrogen) atoms. The van der Waals surface area contributed by atoms with Gasteiger partial charge in [-0.1, -0.05) is 24.3 Å². The fourth-order valence-electron chi connectivity index (χ4n) is 1.34. The number of hydrogen-bond acceptors (Lipinski definition) is 4. The van der Waals surface area contributed by atoms with E-state index in [1.54, 1.807) is 0 Å². The van der Waals surface area contributed by atoms with Crippen molar-refractivity contribution in [2.45, 2.75) is 25.2 Å². The topological polar surface area (TPSA) is 58.9 Å². The Balaban J connectivity index is 2.56. The molecule has 6 heteroatoms. The third-order valence-corrected chi connectivity index (χ3v) is 2.38. The Morgan fingerprint density at radius 2 is 1.28 bits per heavy atom. The van der Waals surface area contributed by atoms with Gasteiger partial charge in [0.25, 0.3) is 0 Å². The van der Waals surface area contributed by atoms with Crippen LogP contribution in [0.25, 0.3) is 0 Å². The molecule has 0 fully saturated rings. The third kappa shape index (κ3) is 5.23. The van der Waals surface area contributed by atoms with Crippen molar-refractivity contribution in [2.24, 2.45) is 0 Å². The van der Waals surface area contributed by atoms with Crippen LogP contribution in [0.1, 0.15) is 11.1 Å². The third-order valence-electron chi connectivity index (χ3n) is 2.38. The van der Waals surface area contributed by atoms with E-state index in [0.29, 0.717) is 0 Å². The number of ether oxygens (including phenoxy) is 2. The quantitative estimate of drug-likeness (QED) is 0.618. The van der Waals surface area contributed by atoms with Crippen molar-refractivity contribution in [1.29, 1.82) is 0 Å². The van der Waals surface area contributed by atoms with Crippen LogP contribution in [0.4, 0.5) is 0 Å². The van der Waals surface area contributed by atoms with E-state index in [9.17, 15) is 0 Å². The zero-order valence-electron chi connectivity index (χ0n) is 10.2. The van der Waals surface area contributed by atoms with E-state index in [1.807, 2.05) is 24.3 Å². The van der Waals surface area contributed by atoms with E-state index in [4.69, 9.17) is 35.4 Å². The number of aliphatic hydroxyl groups is 2. The fourth-order valence-corrected chi connectivity index (χ4v) is 1.34. The van der Waals surface area contributed by atoms with Gasteiger partial charge in [0.05, 0.1) is 26.4 Å². The van der Waals surface area contributed by atoms with E-state index in [-0.39, 0.29) is 26.4 Å². The molecule has 94 valence electrons. The molecule has 0 aliphatic rings. The average Bonchev–Trinajstić information content (AvgIpc) is 2.42. The van der Waals surface area contributed by atoms with Crippen LogP contribution in [0.15, 0.2) is 24.3 Å². The zero-order chi connectivity index (χ0) is 13.4. The van der Waals surface area contributed by atoms with Crippen molar-refractivity contribution in [3.05, 3.63) is 35.4 Å². The summed E-state index contributed by atoms with van der Waals surface area (Å²) >= 11 is 0. The van der Waals surface area contributed by atoms with Gasteiger partial charge in [-0.25, -0.2) is 0 Å². The minimum Gasteiger partial charge on any atom is -0.395 e. The summed E-state index contributed by atoms with van der Waals surface area (Å²) in [7, 11) is 10.9. The van der Waals surface area contributed by atoms with E-state index in [1.165, 1.54) is 0 Å². The van der Waals surface area contributed by atoms with Gasteiger partial charge in [0, 0.05) is 12.0 Å². The summed E-state index contributed by atoms with van der Waals surface area (Å²) in [6.45, 7) is 0.118. The van der Waals surface area contributed by atoms with Crippen molar-refractivity contribution in [2.75, 3.05) is 13.2 Å². The molecule has 2 N–H and O–H groups in total. The van der Waals surface area contributed by atoms with Gasteiger partial charge in [-0.15, -0.1) is 0 Å². The van der Waals surface area contributed by atoms with Crippen LogP contribution in [0.3, 0.4) is 0 Å². The lowest BCUT2D eigenvalue weighted by atomic mass is 10.0. The smallest absolute Gasteiger partial charge is 0.112 e. The standard InChI is InChI=1S/C12H16B2O4/c13-11(5-15)17-7-9-3-1-2-4-10(9)8-18-12(14)6-16/h1-4,11-12,15-16H,5-8H2/t11-,12?/m1/s1. The monoisotopic (exact) mass is 246 g/mol. The average molecular weight is 246 g/mol. The van der Waals surface area contributed by atoms with Crippen LogP contribution in [-0.2, 0) is 22.7 Å². The molecule has 0 aromatic heterocycles. The predicted octanol–water partition coefficient (Wildman–Crippen LogP) is -0.306. The molecule has 1 aromatic rings. The Labute approximate surface area is 110 Å². The fraction of sp³-hybridized carbons (Fsp3) is 0.500. The maximum atomic E-state index is 8.77. The summed E-state index contributed by atoms with van der Waals surface area (Å²) < 4.78 is 10.5. The normalized spacial score (nSPS) is 14.3. The number of aliphatic hydroxyl groups excluding tert-OH is 2. The highest BCUT2D eigenvalue weighted by Crippen LogP contribution is 2.12. The minimum absolute atomic E-state index is 0.228. The van der Waals surface area contributed by atoms with Crippen molar-refractivity contribution in [3.8, 4) is 0 Å². The minimum atomic E-state index is -0.696. The van der Waals surface area contributed by atoms with Crippen LogP contribution in [0.2, 0.25) is 0 Å². The second kappa shape index (κ2) is 8.32. The molecule has 0 saturated carbocycles. The largest absolute Gasteiger partial charge is 0.395 e. The lowest BCUT2D eigenvalue weighted by Crippen LogP contribution is -2.19. The van der Waals surface area contributed by atoms with Gasteiger partial charge in [0.15, 0.2) is 0 Å². The molecule has 0 aliphatic heterocycles. The summed E-state index contributed by atoms with van der Waals surface area (Å²) in [5.74, 6) is 0. The maximum absolute atomic E-state index is 8.77. The molecule has 0 saturated heterocycles. The molecule has 0 spiro atoms. The first-order chi connectivity index (χ1) is 8.67. The summed E-state index contributed by atoms with van der Waals surface area (Å²) in [6.07, 6.45) is 0. The molecule has 1 unspecified atom stereocenters. The Bertz CT molecular complexity index is 316. The van der Waals surface area contributed by atoms with Crippen molar-refractivity contribution in [3.63, 3.8) is 0 Å². The molecule has 0 amide bonds. The first-order valence-electron chi connectivity index (χ1n) is 5.70. The van der Waals surface area contributed by atoms with Gasteiger partial charge < -0.3 is 19.7 Å². The predicted molar refractivity (Wildman–Crippen MR) is 69.3 cm³/mol. The van der Waals surface area contributed by atoms with Crippen LogP contribution in [0, 0.1) is 0 Å². The molecule has 0 heterocycles. The van der Waals surface area contributed by atoms with Gasteiger partial charge in [-0.05, 0) is 11.1 Å². The lowest BCUT2D eigenvalue weighted by molar-refractivity contribution is 0.0430. The molecular weight excluding hydrogens is 230 g/mol. The Morgan fingerprint density at radius 3 is 1.61 bits per heavy atom. The Hall–Kier alpha value is -0.810. The van der Waals surface area contributed by atoms with Crippen molar-refractivity contribution in [1.82, 2.24) is 0 Å². The molecule has 4 nitrogen and oxygen atoms in total. The summed E-state index contributed by atoms with van der Waals surface area (Å²) in [4.78, 5) is 0. The van der Waals surface area contributed by atoms with Gasteiger partial charge >= 0.3 is 0 Å². The number of benzene rings is 1. The van der Waals surface area contributed by atoms with Gasteiger partial charge in [-0.3, -0.25) is 0 Å². The highest BCUT2D eigenvalue weighted by atomic mass is 16.5. The second-order valence-electron chi connectivity index (χ2n) is 3.83. The van der Waals surface area contributed by atoms with Crippen LogP contribution in [-0.4, -0.2) is 51.1 Å². The molecule has 1 rings (SSSR count). The SMILES string of the molecule is [B]C(CO)OCc1ccccc1CO[C@@H]([B])CO. The number of rotatable bonds is 8. The Morgan fingerprint density at radius 1 is 0.889 bits per heavy atom. The zero-order valence-corrected chi connectivity index (χ0v) is 10.2. The summed E-state index contributed by atoms with van der Waals surface area (Å²) in [5.41, 5.74) is 1.82. The first kappa shape index (κ1) is 15.2. The van der Waals surface area contributed by atoms with Gasteiger partial charge in [0.2, 0.25) is 0 Å². The van der Waals surface area contributed by atoms with Crippen molar-refractivity contribution < 1.29 is 19.7 Å². The first-order valence-corrected chi connectivity index (χ1v) is 5.70. The second-order valence-corrected chi connectivity index (χ2v) is 3.83. The summed E-state index contributed by atoms with van der Waals surface area (Å²) in [5, 5.41) is 17.5. The van der Waals surface area contributed by atoms with Crippen LogP contribution >= 0.6 is 0 Å². The molecule has 0 bridgehead atoms. The molecule has 2 atom stereocenters. The van der Waals surface area contributed by atoms with E-state index >= 15 is 0 Å². The molecular formula is C12H16B2O4. The van der Waals surface area contributed by atoms with E-state index < -0.39 is 12.0 Å². The molecule has 0 aliphatic carbocycles. The van der Waals surface area contributed by atoms with E-state index in [2.05, 4.69) is 0 Å². The van der Waals surface area contributed by atoms with Crippen LogP contribution in [0.5, 0.6) is 0 Å². The van der Waals surface area contributed by atoms with Gasteiger partial charge in [-0.2, -0.15) is 0 Å². The maximum Gasteiger partial charge on any atom is 0.112 e.